The first kappa shape index (κ1) is 30.1. The summed E-state index contributed by atoms with van der Waals surface area (Å²) in [6, 6.07) is 16.0. The third-order valence-electron chi connectivity index (χ3n) is 6.69. The molecule has 14 nitrogen and oxygen atoms in total. The minimum Gasteiger partial charge on any atom is -0.438 e. The van der Waals surface area contributed by atoms with Crippen LogP contribution in [0.15, 0.2) is 102 Å². The Morgan fingerprint density at radius 3 is 2.53 bits per heavy atom. The van der Waals surface area contributed by atoms with Crippen LogP contribution in [-0.2, 0) is 21.4 Å². The number of furan rings is 1. The van der Waals surface area contributed by atoms with Crippen LogP contribution in [0.1, 0.15) is 0 Å². The summed E-state index contributed by atoms with van der Waals surface area (Å²) in [4.78, 5) is 48.8. The summed E-state index contributed by atoms with van der Waals surface area (Å²) < 4.78 is 27.2. The van der Waals surface area contributed by atoms with Crippen LogP contribution >= 0.6 is 0 Å². The SMILES string of the molecule is Cn1cc(-c2oc3ncnc(Oc4ccc(NC(=O)/C(=C/Nc5ccc(F)cn5)C(=O)NC=O)cc4)c3c2-c2cccc(N)c2)cn1. The molecule has 47 heavy (non-hydrogen) atoms. The van der Waals surface area contributed by atoms with E-state index in [1.807, 2.05) is 29.7 Å². The summed E-state index contributed by atoms with van der Waals surface area (Å²) in [6.07, 6.45) is 6.96. The van der Waals surface area contributed by atoms with Crippen molar-refractivity contribution in [3.8, 4) is 34.1 Å². The highest BCUT2D eigenvalue weighted by molar-refractivity contribution is 6.24. The molecule has 0 saturated carbocycles. The maximum absolute atomic E-state index is 13.2. The second kappa shape index (κ2) is 13.0. The monoisotopic (exact) mass is 633 g/mol. The third-order valence-corrected chi connectivity index (χ3v) is 6.69. The summed E-state index contributed by atoms with van der Waals surface area (Å²) in [6.45, 7) is 0. The average molecular weight is 634 g/mol. The van der Waals surface area contributed by atoms with Gasteiger partial charge in [-0.25, -0.2) is 19.3 Å². The zero-order valence-electron chi connectivity index (χ0n) is 24.5. The Morgan fingerprint density at radius 2 is 1.83 bits per heavy atom. The van der Waals surface area contributed by atoms with E-state index in [1.165, 1.54) is 12.4 Å². The fourth-order valence-electron chi connectivity index (χ4n) is 4.58. The number of halogens is 1. The third kappa shape index (κ3) is 6.63. The van der Waals surface area contributed by atoms with Crippen molar-refractivity contribution >= 4 is 46.5 Å². The van der Waals surface area contributed by atoms with E-state index in [-0.39, 0.29) is 23.8 Å². The van der Waals surface area contributed by atoms with Crippen LogP contribution in [0, 0.1) is 5.82 Å². The smallest absolute Gasteiger partial charge is 0.264 e. The Hall–Kier alpha value is -6.90. The number of imide groups is 1. The quantitative estimate of drug-likeness (QED) is 0.0549. The molecule has 0 aliphatic heterocycles. The Labute approximate surface area is 265 Å². The molecule has 0 unspecified atom stereocenters. The molecule has 3 amide bonds. The van der Waals surface area contributed by atoms with E-state index in [1.54, 1.807) is 48.3 Å². The van der Waals surface area contributed by atoms with Gasteiger partial charge in [0.1, 0.15) is 40.4 Å². The van der Waals surface area contributed by atoms with E-state index in [9.17, 15) is 18.8 Å². The van der Waals surface area contributed by atoms with Gasteiger partial charge in [-0.2, -0.15) is 5.10 Å². The molecule has 0 bridgehead atoms. The Morgan fingerprint density at radius 1 is 1.00 bits per heavy atom. The molecule has 0 fully saturated rings. The minimum atomic E-state index is -0.971. The van der Waals surface area contributed by atoms with E-state index in [2.05, 4.69) is 30.7 Å². The number of fused-ring (bicyclic) bond motifs is 1. The highest BCUT2D eigenvalue weighted by Gasteiger charge is 2.24. The summed E-state index contributed by atoms with van der Waals surface area (Å²) in [5.41, 5.74) is 8.95. The largest absolute Gasteiger partial charge is 0.438 e. The summed E-state index contributed by atoms with van der Waals surface area (Å²) in [7, 11) is 1.80. The molecule has 4 heterocycles. The van der Waals surface area contributed by atoms with Crippen LogP contribution in [0.2, 0.25) is 0 Å². The molecule has 234 valence electrons. The number of rotatable bonds is 10. The highest BCUT2D eigenvalue weighted by Crippen LogP contribution is 2.44. The van der Waals surface area contributed by atoms with Crippen LogP contribution in [0.4, 0.5) is 21.6 Å². The average Bonchev–Trinajstić information content (AvgIpc) is 3.67. The van der Waals surface area contributed by atoms with Gasteiger partial charge in [0.05, 0.1) is 18.0 Å². The molecule has 5 N–H and O–H groups in total. The summed E-state index contributed by atoms with van der Waals surface area (Å²) in [5, 5.41) is 11.9. The van der Waals surface area contributed by atoms with Gasteiger partial charge >= 0.3 is 0 Å². The van der Waals surface area contributed by atoms with Gasteiger partial charge < -0.3 is 25.5 Å². The molecular weight excluding hydrogens is 609 g/mol. The molecule has 0 aliphatic rings. The minimum absolute atomic E-state index is 0.147. The summed E-state index contributed by atoms with van der Waals surface area (Å²) >= 11 is 0. The highest BCUT2D eigenvalue weighted by atomic mass is 19.1. The van der Waals surface area contributed by atoms with Crippen LogP contribution < -0.4 is 26.4 Å². The first-order chi connectivity index (χ1) is 22.8. The lowest BCUT2D eigenvalue weighted by Crippen LogP contribution is -2.30. The first-order valence-corrected chi connectivity index (χ1v) is 13.8. The number of pyridine rings is 1. The van der Waals surface area contributed by atoms with Crippen molar-refractivity contribution in [3.05, 3.63) is 103 Å². The molecule has 6 rings (SSSR count). The normalized spacial score (nSPS) is 11.2. The molecule has 0 aliphatic carbocycles. The maximum atomic E-state index is 13.2. The van der Waals surface area contributed by atoms with Crippen LogP contribution in [0.5, 0.6) is 11.6 Å². The van der Waals surface area contributed by atoms with Gasteiger partial charge in [-0.05, 0) is 54.1 Å². The number of amides is 3. The maximum Gasteiger partial charge on any atom is 0.264 e. The van der Waals surface area contributed by atoms with E-state index in [4.69, 9.17) is 14.9 Å². The number of aryl methyl sites for hydroxylation is 1. The van der Waals surface area contributed by atoms with E-state index in [0.717, 1.165) is 24.0 Å². The van der Waals surface area contributed by atoms with Gasteiger partial charge in [0, 0.05) is 36.4 Å². The zero-order chi connectivity index (χ0) is 32.9. The lowest BCUT2D eigenvalue weighted by atomic mass is 10.0. The standard InChI is InChI=1S/C32H24FN9O5/c1-42-15-19(12-40-42)28-26(18-3-2-4-21(34)11-18)27-31(37-16-38-32(27)47-28)46-23-8-6-22(7-9-23)41-30(45)24(29(44)39-17-43)14-36-25-10-5-20(33)13-35-25/h2-17H,34H2,1H3,(H,35,36)(H,41,45)(H,39,43,44)/b24-14+. The van der Waals surface area contributed by atoms with Crippen LogP contribution in [0.25, 0.3) is 33.6 Å². The van der Waals surface area contributed by atoms with E-state index >= 15 is 0 Å². The van der Waals surface area contributed by atoms with Crippen molar-refractivity contribution in [3.63, 3.8) is 0 Å². The predicted molar refractivity (Wildman–Crippen MR) is 169 cm³/mol. The molecule has 0 saturated heterocycles. The number of carbonyl (C=O) groups excluding carboxylic acids is 3. The number of carbonyl (C=O) groups is 3. The fraction of sp³-hybridized carbons (Fsp3) is 0.0312. The van der Waals surface area contributed by atoms with Crippen molar-refractivity contribution in [1.82, 2.24) is 30.0 Å². The van der Waals surface area contributed by atoms with Gasteiger partial charge in [-0.15, -0.1) is 0 Å². The number of nitrogens with one attached hydrogen (secondary N) is 3. The lowest BCUT2D eigenvalue weighted by Gasteiger charge is -2.10. The Balaban J connectivity index is 1.27. The number of hydrogen-bond acceptors (Lipinski definition) is 11. The second-order valence-electron chi connectivity index (χ2n) is 9.93. The number of anilines is 3. The molecule has 6 aromatic rings. The molecular formula is C32H24FN9O5. The molecule has 0 radical (unpaired) electrons. The number of hydrogen-bond donors (Lipinski definition) is 4. The van der Waals surface area contributed by atoms with Gasteiger partial charge in [0.15, 0.2) is 0 Å². The number of aromatic nitrogens is 5. The Kier molecular flexibility index (Phi) is 8.33. The van der Waals surface area contributed by atoms with Gasteiger partial charge in [0.25, 0.3) is 11.8 Å². The van der Waals surface area contributed by atoms with Crippen molar-refractivity contribution in [2.24, 2.45) is 7.05 Å². The topological polar surface area (TPSA) is 192 Å². The number of nitrogens with zero attached hydrogens (tertiary/aromatic N) is 5. The van der Waals surface area contributed by atoms with Gasteiger partial charge in [-0.1, -0.05) is 12.1 Å². The lowest BCUT2D eigenvalue weighted by molar-refractivity contribution is -0.124. The zero-order valence-corrected chi connectivity index (χ0v) is 24.5. The molecule has 0 spiro atoms. The summed E-state index contributed by atoms with van der Waals surface area (Å²) in [5.74, 6) is -1.12. The Bertz CT molecular complexity index is 2140. The first-order valence-electron chi connectivity index (χ1n) is 13.8. The van der Waals surface area contributed by atoms with Gasteiger partial charge in [-0.3, -0.25) is 24.4 Å². The van der Waals surface area contributed by atoms with E-state index < -0.39 is 23.2 Å². The number of ether oxygens (including phenoxy) is 1. The van der Waals surface area contributed by atoms with Crippen molar-refractivity contribution < 1.29 is 27.9 Å². The fourth-order valence-corrected chi connectivity index (χ4v) is 4.58. The predicted octanol–water partition coefficient (Wildman–Crippen LogP) is 4.41. The van der Waals surface area contributed by atoms with Crippen molar-refractivity contribution in [2.45, 2.75) is 0 Å². The number of nitrogen functional groups attached to an aromatic ring is 1. The van der Waals surface area contributed by atoms with E-state index in [0.29, 0.717) is 39.4 Å². The number of nitrogens with two attached hydrogens (primary N) is 1. The second-order valence-corrected chi connectivity index (χ2v) is 9.93. The molecule has 2 aromatic carbocycles. The molecule has 0 atom stereocenters. The molecule has 4 aromatic heterocycles. The van der Waals surface area contributed by atoms with Crippen LogP contribution in [0.3, 0.4) is 0 Å². The van der Waals surface area contributed by atoms with Gasteiger partial charge in [0.2, 0.25) is 18.0 Å². The van der Waals surface area contributed by atoms with Crippen molar-refractivity contribution in [1.29, 1.82) is 0 Å². The number of benzene rings is 2. The van der Waals surface area contributed by atoms with Crippen LogP contribution in [-0.4, -0.2) is 43.0 Å². The molecule has 15 heteroatoms. The van der Waals surface area contributed by atoms with Crippen molar-refractivity contribution in [2.75, 3.05) is 16.4 Å².